The Morgan fingerprint density at radius 2 is 2.20 bits per heavy atom. The minimum Gasteiger partial charge on any atom is -0.295 e. The van der Waals surface area contributed by atoms with E-state index in [1.165, 1.54) is 18.2 Å². The van der Waals surface area contributed by atoms with Gasteiger partial charge in [0.25, 0.3) is 0 Å². The zero-order valence-corrected chi connectivity index (χ0v) is 8.80. The first-order valence-electron chi connectivity index (χ1n) is 4.84. The molecule has 1 fully saturated rings. The Morgan fingerprint density at radius 1 is 1.47 bits per heavy atom. The van der Waals surface area contributed by atoms with E-state index in [0.717, 1.165) is 12.8 Å². The fraction of sp³-hybridized carbons (Fsp3) is 0.250. The van der Waals surface area contributed by atoms with Crippen LogP contribution < -0.4 is 0 Å². The molecule has 0 aliphatic heterocycles. The molecule has 0 N–H and O–H groups in total. The van der Waals surface area contributed by atoms with Crippen molar-refractivity contribution >= 4 is 23.5 Å². The largest absolute Gasteiger partial charge is 0.295 e. The van der Waals surface area contributed by atoms with Crippen LogP contribution in [-0.4, -0.2) is 5.78 Å². The van der Waals surface area contributed by atoms with Crippen molar-refractivity contribution < 1.29 is 9.18 Å². The van der Waals surface area contributed by atoms with E-state index in [9.17, 15) is 9.18 Å². The molecule has 15 heavy (non-hydrogen) atoms. The van der Waals surface area contributed by atoms with Crippen molar-refractivity contribution in [1.82, 2.24) is 0 Å². The van der Waals surface area contributed by atoms with Crippen LogP contribution in [0, 0.1) is 11.7 Å². The third-order valence-corrected chi connectivity index (χ3v) is 2.60. The Bertz CT molecular complexity index is 422. The van der Waals surface area contributed by atoms with E-state index in [2.05, 4.69) is 0 Å². The van der Waals surface area contributed by atoms with Crippen molar-refractivity contribution in [2.24, 2.45) is 5.92 Å². The topological polar surface area (TPSA) is 17.1 Å². The van der Waals surface area contributed by atoms with Gasteiger partial charge in [-0.05, 0) is 37.1 Å². The van der Waals surface area contributed by atoms with Crippen molar-refractivity contribution in [3.05, 3.63) is 40.7 Å². The molecule has 1 nitrogen and oxygen atoms in total. The van der Waals surface area contributed by atoms with Gasteiger partial charge in [0.15, 0.2) is 5.78 Å². The van der Waals surface area contributed by atoms with Gasteiger partial charge in [-0.3, -0.25) is 4.79 Å². The zero-order chi connectivity index (χ0) is 10.8. The van der Waals surface area contributed by atoms with Gasteiger partial charge in [-0.2, -0.15) is 0 Å². The molecule has 0 spiro atoms. The van der Waals surface area contributed by atoms with Crippen LogP contribution in [-0.2, 0) is 4.79 Å². The van der Waals surface area contributed by atoms with Crippen molar-refractivity contribution in [1.29, 1.82) is 0 Å². The maximum absolute atomic E-state index is 13.3. The van der Waals surface area contributed by atoms with E-state index >= 15 is 0 Å². The summed E-state index contributed by atoms with van der Waals surface area (Å²) in [6.07, 6.45) is 4.88. The molecule has 0 saturated heterocycles. The van der Waals surface area contributed by atoms with E-state index in [-0.39, 0.29) is 11.7 Å². The summed E-state index contributed by atoms with van der Waals surface area (Å²) in [5.41, 5.74) is 0.397. The molecule has 0 radical (unpaired) electrons. The molecule has 78 valence electrons. The Balaban J connectivity index is 2.12. The highest BCUT2D eigenvalue weighted by Crippen LogP contribution is 2.30. The Labute approximate surface area is 92.6 Å². The summed E-state index contributed by atoms with van der Waals surface area (Å²) >= 11 is 5.61. The maximum atomic E-state index is 13.3. The van der Waals surface area contributed by atoms with Crippen LogP contribution in [0.3, 0.4) is 0 Å². The molecular weight excluding hydrogens is 215 g/mol. The summed E-state index contributed by atoms with van der Waals surface area (Å²) in [6.45, 7) is 0. The van der Waals surface area contributed by atoms with Gasteiger partial charge in [-0.15, -0.1) is 0 Å². The highest BCUT2D eigenvalue weighted by atomic mass is 35.5. The number of allylic oxidation sites excluding steroid dienone is 1. The highest BCUT2D eigenvalue weighted by molar-refractivity contribution is 6.30. The first kappa shape index (κ1) is 10.4. The maximum Gasteiger partial charge on any atom is 0.158 e. The third-order valence-electron chi connectivity index (χ3n) is 2.37. The molecule has 0 unspecified atom stereocenters. The molecular formula is C12H10ClFO. The molecule has 3 heteroatoms. The number of carbonyl (C=O) groups is 1. The third kappa shape index (κ3) is 2.66. The summed E-state index contributed by atoms with van der Waals surface area (Å²) in [6, 6.07) is 4.41. The Morgan fingerprint density at radius 3 is 2.80 bits per heavy atom. The van der Waals surface area contributed by atoms with Gasteiger partial charge in [0.1, 0.15) is 5.82 Å². The molecule has 1 saturated carbocycles. The summed E-state index contributed by atoms with van der Waals surface area (Å²) in [4.78, 5) is 11.3. The Hall–Kier alpha value is -1.15. The van der Waals surface area contributed by atoms with Crippen molar-refractivity contribution in [2.75, 3.05) is 0 Å². The summed E-state index contributed by atoms with van der Waals surface area (Å²) in [7, 11) is 0. The van der Waals surface area contributed by atoms with E-state index in [4.69, 9.17) is 11.6 Å². The summed E-state index contributed by atoms with van der Waals surface area (Å²) < 4.78 is 13.3. The lowest BCUT2D eigenvalue weighted by molar-refractivity contribution is -0.115. The molecule has 0 atom stereocenters. The molecule has 0 heterocycles. The second kappa shape index (κ2) is 4.15. The number of ketones is 1. The van der Waals surface area contributed by atoms with E-state index in [1.54, 1.807) is 12.1 Å². The number of carbonyl (C=O) groups excluding carboxylic acids is 1. The lowest BCUT2D eigenvalue weighted by atomic mass is 10.1. The van der Waals surface area contributed by atoms with Crippen LogP contribution in [0.4, 0.5) is 4.39 Å². The van der Waals surface area contributed by atoms with Crippen LogP contribution in [0.15, 0.2) is 24.3 Å². The van der Waals surface area contributed by atoms with Crippen LogP contribution in [0.25, 0.3) is 6.08 Å². The number of halogens is 2. The van der Waals surface area contributed by atoms with Gasteiger partial charge < -0.3 is 0 Å². The molecule has 1 aliphatic carbocycles. The zero-order valence-electron chi connectivity index (χ0n) is 8.04. The van der Waals surface area contributed by atoms with Gasteiger partial charge in [-0.25, -0.2) is 4.39 Å². The van der Waals surface area contributed by atoms with Crippen molar-refractivity contribution in [2.45, 2.75) is 12.8 Å². The first-order valence-corrected chi connectivity index (χ1v) is 5.21. The van der Waals surface area contributed by atoms with Crippen LogP contribution in [0.5, 0.6) is 0 Å². The van der Waals surface area contributed by atoms with Gasteiger partial charge in [0.2, 0.25) is 0 Å². The minimum absolute atomic E-state index is 0.0874. The average molecular weight is 225 g/mol. The first-order chi connectivity index (χ1) is 7.16. The van der Waals surface area contributed by atoms with Gasteiger partial charge in [0.05, 0.1) is 0 Å². The van der Waals surface area contributed by atoms with Crippen LogP contribution >= 0.6 is 11.6 Å². The molecule has 2 rings (SSSR count). The molecule has 1 aliphatic rings. The molecule has 1 aromatic rings. The SMILES string of the molecule is O=C(/C=C/c1ccc(Cl)cc1F)C1CC1. The lowest BCUT2D eigenvalue weighted by Crippen LogP contribution is -1.93. The van der Waals surface area contributed by atoms with E-state index in [1.807, 2.05) is 0 Å². The molecule has 0 amide bonds. The lowest BCUT2D eigenvalue weighted by Gasteiger charge is -1.96. The number of rotatable bonds is 3. The van der Waals surface area contributed by atoms with E-state index < -0.39 is 5.82 Å². The fourth-order valence-electron chi connectivity index (χ4n) is 1.31. The second-order valence-corrected chi connectivity index (χ2v) is 4.11. The molecule has 0 bridgehead atoms. The second-order valence-electron chi connectivity index (χ2n) is 3.68. The minimum atomic E-state index is -0.401. The predicted molar refractivity (Wildman–Crippen MR) is 58.2 cm³/mol. The van der Waals surface area contributed by atoms with E-state index in [0.29, 0.717) is 10.6 Å². The van der Waals surface area contributed by atoms with Crippen molar-refractivity contribution in [3.63, 3.8) is 0 Å². The van der Waals surface area contributed by atoms with Crippen LogP contribution in [0.2, 0.25) is 5.02 Å². The summed E-state index contributed by atoms with van der Waals surface area (Å²) in [5, 5.41) is 0.359. The quantitative estimate of drug-likeness (QED) is 0.719. The van der Waals surface area contributed by atoms with Gasteiger partial charge in [-0.1, -0.05) is 17.7 Å². The van der Waals surface area contributed by atoms with Gasteiger partial charge in [0, 0.05) is 16.5 Å². The van der Waals surface area contributed by atoms with Crippen LogP contribution in [0.1, 0.15) is 18.4 Å². The van der Waals surface area contributed by atoms with Gasteiger partial charge >= 0.3 is 0 Å². The van der Waals surface area contributed by atoms with Crippen molar-refractivity contribution in [3.8, 4) is 0 Å². The average Bonchev–Trinajstić information content (AvgIpc) is 2.99. The number of hydrogen-bond donors (Lipinski definition) is 0. The molecule has 0 aromatic heterocycles. The summed E-state index contributed by atoms with van der Waals surface area (Å²) in [5.74, 6) is -0.136. The standard InChI is InChI=1S/C12H10ClFO/c13-10-5-3-8(11(14)7-10)4-6-12(15)9-1-2-9/h3-7,9H,1-2H2/b6-4+. The molecule has 1 aromatic carbocycles. The normalized spacial score (nSPS) is 15.9. The smallest absolute Gasteiger partial charge is 0.158 e. The monoisotopic (exact) mass is 224 g/mol. The number of benzene rings is 1. The highest BCUT2D eigenvalue weighted by Gasteiger charge is 2.27. The Kier molecular flexibility index (Phi) is 2.87. The number of hydrogen-bond acceptors (Lipinski definition) is 1. The fourth-order valence-corrected chi connectivity index (χ4v) is 1.47. The predicted octanol–water partition coefficient (Wildman–Crippen LogP) is 3.47.